The minimum Gasteiger partial charge on any atom is -0.354 e. The van der Waals surface area contributed by atoms with Gasteiger partial charge >= 0.3 is 0 Å². The molecule has 0 amide bonds. The van der Waals surface area contributed by atoms with Crippen molar-refractivity contribution in [3.63, 3.8) is 0 Å². The Bertz CT molecular complexity index is 571. The SMILES string of the molecule is CCNc1ncc(Br)c(N(C)c2ccccc2C)n1. The van der Waals surface area contributed by atoms with E-state index in [-0.39, 0.29) is 0 Å². The summed E-state index contributed by atoms with van der Waals surface area (Å²) in [4.78, 5) is 10.8. The lowest BCUT2D eigenvalue weighted by atomic mass is 10.2. The number of hydrogen-bond acceptors (Lipinski definition) is 4. The highest BCUT2D eigenvalue weighted by atomic mass is 79.9. The van der Waals surface area contributed by atoms with Crippen molar-refractivity contribution < 1.29 is 0 Å². The fourth-order valence-corrected chi connectivity index (χ4v) is 2.35. The van der Waals surface area contributed by atoms with Crippen LogP contribution >= 0.6 is 15.9 Å². The van der Waals surface area contributed by atoms with Gasteiger partial charge in [0.2, 0.25) is 5.95 Å². The zero-order valence-electron chi connectivity index (χ0n) is 11.3. The fourth-order valence-electron chi connectivity index (χ4n) is 1.89. The zero-order chi connectivity index (χ0) is 13.8. The molecular formula is C14H17BrN4. The van der Waals surface area contributed by atoms with E-state index >= 15 is 0 Å². The zero-order valence-corrected chi connectivity index (χ0v) is 12.9. The van der Waals surface area contributed by atoms with Gasteiger partial charge in [-0.3, -0.25) is 0 Å². The quantitative estimate of drug-likeness (QED) is 0.931. The molecule has 0 fully saturated rings. The van der Waals surface area contributed by atoms with Crippen LogP contribution in [0, 0.1) is 6.92 Å². The molecule has 0 unspecified atom stereocenters. The molecular weight excluding hydrogens is 304 g/mol. The molecule has 2 aromatic rings. The van der Waals surface area contributed by atoms with Gasteiger partial charge in [-0.05, 0) is 41.4 Å². The van der Waals surface area contributed by atoms with Crippen molar-refractivity contribution in [1.29, 1.82) is 0 Å². The summed E-state index contributed by atoms with van der Waals surface area (Å²) >= 11 is 3.51. The molecule has 0 spiro atoms. The Kier molecular flexibility index (Phi) is 4.37. The van der Waals surface area contributed by atoms with E-state index in [0.29, 0.717) is 5.95 Å². The molecule has 0 atom stereocenters. The molecule has 0 saturated heterocycles. The maximum atomic E-state index is 4.54. The minimum atomic E-state index is 0.640. The molecule has 100 valence electrons. The Morgan fingerprint density at radius 1 is 1.32 bits per heavy atom. The van der Waals surface area contributed by atoms with Crippen LogP contribution in [0.15, 0.2) is 34.9 Å². The van der Waals surface area contributed by atoms with Gasteiger partial charge in [0, 0.05) is 25.5 Å². The molecule has 0 aliphatic rings. The van der Waals surface area contributed by atoms with Crippen molar-refractivity contribution >= 4 is 33.4 Å². The van der Waals surface area contributed by atoms with Crippen LogP contribution in [0.1, 0.15) is 12.5 Å². The summed E-state index contributed by atoms with van der Waals surface area (Å²) in [6.07, 6.45) is 1.77. The average molecular weight is 321 g/mol. The Morgan fingerprint density at radius 2 is 2.05 bits per heavy atom. The van der Waals surface area contributed by atoms with Crippen LogP contribution in [0.4, 0.5) is 17.5 Å². The van der Waals surface area contributed by atoms with E-state index in [4.69, 9.17) is 0 Å². The molecule has 1 heterocycles. The van der Waals surface area contributed by atoms with E-state index < -0.39 is 0 Å². The highest BCUT2D eigenvalue weighted by molar-refractivity contribution is 9.10. The first-order valence-corrected chi connectivity index (χ1v) is 6.98. The lowest BCUT2D eigenvalue weighted by Crippen LogP contribution is -2.15. The van der Waals surface area contributed by atoms with E-state index in [1.54, 1.807) is 6.20 Å². The smallest absolute Gasteiger partial charge is 0.224 e. The predicted octanol–water partition coefficient (Wildman–Crippen LogP) is 3.75. The Labute approximate surface area is 122 Å². The van der Waals surface area contributed by atoms with Crippen molar-refractivity contribution in [3.8, 4) is 0 Å². The van der Waals surface area contributed by atoms with Gasteiger partial charge in [-0.1, -0.05) is 18.2 Å². The van der Waals surface area contributed by atoms with Gasteiger partial charge in [0.05, 0.1) is 4.47 Å². The molecule has 0 aliphatic heterocycles. The predicted molar refractivity (Wildman–Crippen MR) is 83.1 cm³/mol. The van der Waals surface area contributed by atoms with E-state index in [1.807, 2.05) is 26.1 Å². The van der Waals surface area contributed by atoms with Gasteiger partial charge in [-0.25, -0.2) is 4.98 Å². The normalized spacial score (nSPS) is 10.3. The minimum absolute atomic E-state index is 0.640. The average Bonchev–Trinajstić information content (AvgIpc) is 2.41. The van der Waals surface area contributed by atoms with Gasteiger partial charge < -0.3 is 10.2 Å². The standard InChI is InChI=1S/C14H17BrN4/c1-4-16-14-17-9-11(15)13(18-14)19(3)12-8-6-5-7-10(12)2/h5-9H,4H2,1-3H3,(H,16,17,18). The summed E-state index contributed by atoms with van der Waals surface area (Å²) in [6.45, 7) is 4.91. The van der Waals surface area contributed by atoms with E-state index in [2.05, 4.69) is 55.2 Å². The first-order chi connectivity index (χ1) is 9.13. The molecule has 1 aromatic heterocycles. The molecule has 2 rings (SSSR count). The van der Waals surface area contributed by atoms with Crippen LogP contribution in [0.25, 0.3) is 0 Å². The number of nitrogens with zero attached hydrogens (tertiary/aromatic N) is 3. The lowest BCUT2D eigenvalue weighted by Gasteiger charge is -2.21. The van der Waals surface area contributed by atoms with Gasteiger partial charge in [0.15, 0.2) is 5.82 Å². The van der Waals surface area contributed by atoms with Crippen molar-refractivity contribution in [1.82, 2.24) is 9.97 Å². The van der Waals surface area contributed by atoms with Crippen LogP contribution in [-0.2, 0) is 0 Å². The maximum Gasteiger partial charge on any atom is 0.224 e. The molecule has 1 N–H and O–H groups in total. The Hall–Kier alpha value is -1.62. The molecule has 0 radical (unpaired) electrons. The number of benzene rings is 1. The second-order valence-electron chi connectivity index (χ2n) is 4.24. The summed E-state index contributed by atoms with van der Waals surface area (Å²) in [6, 6.07) is 8.23. The highest BCUT2D eigenvalue weighted by Crippen LogP contribution is 2.30. The summed E-state index contributed by atoms with van der Waals surface area (Å²) in [5, 5.41) is 3.13. The maximum absolute atomic E-state index is 4.54. The van der Waals surface area contributed by atoms with Gasteiger partial charge in [-0.2, -0.15) is 4.98 Å². The van der Waals surface area contributed by atoms with Crippen LogP contribution in [0.3, 0.4) is 0 Å². The number of aromatic nitrogens is 2. The third-order valence-electron chi connectivity index (χ3n) is 2.86. The monoisotopic (exact) mass is 320 g/mol. The van der Waals surface area contributed by atoms with E-state index in [9.17, 15) is 0 Å². The fraction of sp³-hybridized carbons (Fsp3) is 0.286. The number of nitrogens with one attached hydrogen (secondary N) is 1. The van der Waals surface area contributed by atoms with E-state index in [1.165, 1.54) is 5.56 Å². The number of halogens is 1. The van der Waals surface area contributed by atoms with Crippen LogP contribution in [-0.4, -0.2) is 23.6 Å². The third-order valence-corrected chi connectivity index (χ3v) is 3.41. The van der Waals surface area contributed by atoms with Crippen molar-refractivity contribution in [3.05, 3.63) is 40.5 Å². The summed E-state index contributed by atoms with van der Waals surface area (Å²) in [7, 11) is 2.01. The van der Waals surface area contributed by atoms with Crippen LogP contribution in [0.5, 0.6) is 0 Å². The summed E-state index contributed by atoms with van der Waals surface area (Å²) < 4.78 is 0.875. The van der Waals surface area contributed by atoms with Crippen LogP contribution < -0.4 is 10.2 Å². The van der Waals surface area contributed by atoms with Crippen LogP contribution in [0.2, 0.25) is 0 Å². The van der Waals surface area contributed by atoms with Crippen molar-refractivity contribution in [2.45, 2.75) is 13.8 Å². The highest BCUT2D eigenvalue weighted by Gasteiger charge is 2.12. The second-order valence-corrected chi connectivity index (χ2v) is 5.10. The van der Waals surface area contributed by atoms with Crippen molar-refractivity contribution in [2.75, 3.05) is 23.8 Å². The molecule has 5 heteroatoms. The summed E-state index contributed by atoms with van der Waals surface area (Å²) in [5.41, 5.74) is 2.34. The molecule has 0 bridgehead atoms. The topological polar surface area (TPSA) is 41.1 Å². The first kappa shape index (κ1) is 13.8. The van der Waals surface area contributed by atoms with Gasteiger partial charge in [0.25, 0.3) is 0 Å². The second kappa shape index (κ2) is 6.02. The van der Waals surface area contributed by atoms with E-state index in [0.717, 1.165) is 22.5 Å². The molecule has 4 nitrogen and oxygen atoms in total. The number of aryl methyl sites for hydroxylation is 1. The molecule has 0 aliphatic carbocycles. The first-order valence-electron chi connectivity index (χ1n) is 6.19. The molecule has 0 saturated carbocycles. The Balaban J connectivity index is 2.40. The van der Waals surface area contributed by atoms with Gasteiger partial charge in [0.1, 0.15) is 0 Å². The third kappa shape index (κ3) is 3.04. The van der Waals surface area contributed by atoms with Gasteiger partial charge in [-0.15, -0.1) is 0 Å². The molecule has 19 heavy (non-hydrogen) atoms. The largest absolute Gasteiger partial charge is 0.354 e. The Morgan fingerprint density at radius 3 is 2.74 bits per heavy atom. The van der Waals surface area contributed by atoms with Crippen molar-refractivity contribution in [2.24, 2.45) is 0 Å². The number of para-hydroxylation sites is 1. The number of rotatable bonds is 4. The number of hydrogen-bond donors (Lipinski definition) is 1. The lowest BCUT2D eigenvalue weighted by molar-refractivity contribution is 1.03. The number of anilines is 3. The summed E-state index contributed by atoms with van der Waals surface area (Å²) in [5.74, 6) is 1.49. The molecule has 1 aromatic carbocycles.